The molecule has 104 valence electrons. The molecule has 2 heterocycles. The Bertz CT molecular complexity index is 517. The van der Waals surface area contributed by atoms with Crippen molar-refractivity contribution in [3.8, 4) is 0 Å². The fourth-order valence-electron chi connectivity index (χ4n) is 2.61. The summed E-state index contributed by atoms with van der Waals surface area (Å²) in [6.45, 7) is 4.13. The molecule has 1 fully saturated rings. The maximum absolute atomic E-state index is 12.5. The number of carbonyl (C=O) groups excluding carboxylic acids is 2. The van der Waals surface area contributed by atoms with Gasteiger partial charge in [0.25, 0.3) is 0 Å². The Balaban J connectivity index is 2.24. The molecule has 1 aromatic heterocycles. The first-order valence-corrected chi connectivity index (χ1v) is 6.56. The fraction of sp³-hybridized carbons (Fsp3) is 0.615. The van der Waals surface area contributed by atoms with Crippen LogP contribution in [0.2, 0.25) is 0 Å². The molecule has 0 unspecified atom stereocenters. The van der Waals surface area contributed by atoms with E-state index in [-0.39, 0.29) is 18.4 Å². The molecule has 0 aliphatic carbocycles. The summed E-state index contributed by atoms with van der Waals surface area (Å²) in [5.74, 6) is 0.300. The molecule has 19 heavy (non-hydrogen) atoms. The topological polar surface area (TPSA) is 81.2 Å². The Morgan fingerprint density at radius 1 is 1.37 bits per heavy atom. The molecule has 0 aromatic carbocycles. The predicted octanol–water partition coefficient (Wildman–Crippen LogP) is 1.07. The van der Waals surface area contributed by atoms with Gasteiger partial charge >= 0.3 is 0 Å². The minimum atomic E-state index is -0.520. The highest BCUT2D eigenvalue weighted by Crippen LogP contribution is 2.39. The van der Waals surface area contributed by atoms with E-state index >= 15 is 0 Å². The van der Waals surface area contributed by atoms with E-state index in [1.165, 1.54) is 9.58 Å². The molecule has 6 heteroatoms. The first-order chi connectivity index (χ1) is 8.95. The quantitative estimate of drug-likeness (QED) is 0.825. The third-order valence-electron chi connectivity index (χ3n) is 4.24. The summed E-state index contributed by atoms with van der Waals surface area (Å²) in [6.07, 6.45) is 3.28. The second-order valence-electron chi connectivity index (χ2n) is 5.13. The predicted molar refractivity (Wildman–Crippen MR) is 70.8 cm³/mol. The summed E-state index contributed by atoms with van der Waals surface area (Å²) in [5.41, 5.74) is 6.05. The molecular formula is C13H20N4O2. The van der Waals surface area contributed by atoms with E-state index in [1.54, 1.807) is 13.2 Å². The van der Waals surface area contributed by atoms with Crippen LogP contribution in [0.5, 0.6) is 0 Å². The van der Waals surface area contributed by atoms with E-state index in [1.807, 2.05) is 13.8 Å². The smallest absolute Gasteiger partial charge is 0.236 e. The van der Waals surface area contributed by atoms with Crippen molar-refractivity contribution in [1.82, 2.24) is 14.7 Å². The summed E-state index contributed by atoms with van der Waals surface area (Å²) in [4.78, 5) is 25.9. The van der Waals surface area contributed by atoms with Gasteiger partial charge in [-0.25, -0.2) is 0 Å². The molecule has 6 nitrogen and oxygen atoms in total. The van der Waals surface area contributed by atoms with E-state index in [4.69, 9.17) is 5.73 Å². The Kier molecular flexibility index (Phi) is 3.34. The van der Waals surface area contributed by atoms with E-state index < -0.39 is 5.41 Å². The van der Waals surface area contributed by atoms with E-state index in [2.05, 4.69) is 5.10 Å². The number of hydrogen-bond acceptors (Lipinski definition) is 4. The zero-order valence-electron chi connectivity index (χ0n) is 11.6. The third-order valence-corrected chi connectivity index (χ3v) is 4.24. The lowest BCUT2D eigenvalue weighted by molar-refractivity contribution is -0.142. The lowest BCUT2D eigenvalue weighted by Gasteiger charge is -2.23. The lowest BCUT2D eigenvalue weighted by atomic mass is 9.81. The van der Waals surface area contributed by atoms with Gasteiger partial charge in [-0.1, -0.05) is 13.8 Å². The molecular weight excluding hydrogens is 244 g/mol. The number of amides is 2. The molecule has 0 spiro atoms. The first kappa shape index (κ1) is 13.6. The molecule has 0 bridgehead atoms. The van der Waals surface area contributed by atoms with Crippen LogP contribution in [0.3, 0.4) is 0 Å². The molecule has 1 aliphatic heterocycles. The maximum atomic E-state index is 12.5. The highest BCUT2D eigenvalue weighted by molar-refractivity contribution is 6.05. The minimum absolute atomic E-state index is 0.0780. The van der Waals surface area contributed by atoms with Crippen LogP contribution >= 0.6 is 0 Å². The Hall–Kier alpha value is -1.85. The first-order valence-electron chi connectivity index (χ1n) is 6.56. The van der Waals surface area contributed by atoms with Crippen molar-refractivity contribution in [1.29, 1.82) is 0 Å². The number of likely N-dealkylation sites (tertiary alicyclic amines) is 1. The second-order valence-corrected chi connectivity index (χ2v) is 5.13. The van der Waals surface area contributed by atoms with Crippen molar-refractivity contribution in [3.63, 3.8) is 0 Å². The van der Waals surface area contributed by atoms with Crippen LogP contribution in [0, 0.1) is 5.41 Å². The number of nitrogens with zero attached hydrogens (tertiary/aromatic N) is 3. The van der Waals surface area contributed by atoms with Crippen LogP contribution in [0.4, 0.5) is 5.82 Å². The highest BCUT2D eigenvalue weighted by atomic mass is 16.2. The van der Waals surface area contributed by atoms with Crippen molar-refractivity contribution in [3.05, 3.63) is 11.8 Å². The van der Waals surface area contributed by atoms with Gasteiger partial charge in [0.15, 0.2) is 0 Å². The monoisotopic (exact) mass is 264 g/mol. The summed E-state index contributed by atoms with van der Waals surface area (Å²) in [7, 11) is 1.73. The lowest BCUT2D eigenvalue weighted by Crippen LogP contribution is -2.34. The maximum Gasteiger partial charge on any atom is 0.236 e. The van der Waals surface area contributed by atoms with E-state index in [0.717, 1.165) is 0 Å². The zero-order valence-corrected chi connectivity index (χ0v) is 11.6. The van der Waals surface area contributed by atoms with Gasteiger partial charge in [-0.3, -0.25) is 19.2 Å². The third kappa shape index (κ3) is 2.01. The summed E-state index contributed by atoms with van der Waals surface area (Å²) in [6, 6.07) is 0. The molecule has 1 aromatic rings. The Labute approximate surface area is 112 Å². The Morgan fingerprint density at radius 3 is 2.42 bits per heavy atom. The zero-order chi connectivity index (χ0) is 14.2. The van der Waals surface area contributed by atoms with Crippen LogP contribution in [0.15, 0.2) is 6.20 Å². The summed E-state index contributed by atoms with van der Waals surface area (Å²) in [5, 5.41) is 4.03. The van der Waals surface area contributed by atoms with E-state index in [0.29, 0.717) is 30.6 Å². The van der Waals surface area contributed by atoms with E-state index in [9.17, 15) is 9.59 Å². The molecule has 1 aliphatic rings. The van der Waals surface area contributed by atoms with Gasteiger partial charge in [0, 0.05) is 19.0 Å². The molecule has 1 saturated heterocycles. The molecule has 0 saturated carbocycles. The van der Waals surface area contributed by atoms with Gasteiger partial charge < -0.3 is 5.73 Å². The number of aryl methyl sites for hydroxylation is 1. The average Bonchev–Trinajstić information content (AvgIpc) is 2.84. The average molecular weight is 264 g/mol. The van der Waals surface area contributed by atoms with Gasteiger partial charge in [0.05, 0.1) is 18.2 Å². The van der Waals surface area contributed by atoms with Gasteiger partial charge in [0.2, 0.25) is 11.8 Å². The van der Waals surface area contributed by atoms with Crippen LogP contribution in [0.25, 0.3) is 0 Å². The minimum Gasteiger partial charge on any atom is -0.384 e. The number of imide groups is 1. The number of aromatic nitrogens is 2. The molecule has 2 N–H and O–H groups in total. The van der Waals surface area contributed by atoms with Crippen molar-refractivity contribution in [2.24, 2.45) is 12.5 Å². The van der Waals surface area contributed by atoms with Crippen molar-refractivity contribution >= 4 is 17.6 Å². The van der Waals surface area contributed by atoms with Crippen molar-refractivity contribution < 1.29 is 9.59 Å². The van der Waals surface area contributed by atoms with Crippen LogP contribution in [-0.2, 0) is 23.2 Å². The largest absolute Gasteiger partial charge is 0.384 e. The van der Waals surface area contributed by atoms with Gasteiger partial charge in [-0.15, -0.1) is 0 Å². The van der Waals surface area contributed by atoms with Gasteiger partial charge in [0.1, 0.15) is 5.82 Å². The van der Waals surface area contributed by atoms with Crippen LogP contribution in [-0.4, -0.2) is 26.5 Å². The summed E-state index contributed by atoms with van der Waals surface area (Å²) >= 11 is 0. The van der Waals surface area contributed by atoms with Gasteiger partial charge in [-0.2, -0.15) is 5.10 Å². The Morgan fingerprint density at radius 2 is 2.00 bits per heavy atom. The van der Waals surface area contributed by atoms with Crippen LogP contribution in [0.1, 0.15) is 38.7 Å². The molecule has 0 radical (unpaired) electrons. The standard InChI is InChI=1S/C13H20N4O2/c1-4-13(5-2)6-10(18)17(12(13)19)8-9-7-15-16(3)11(9)14/h7H,4-6,8,14H2,1-3H3. The molecule has 2 rings (SSSR count). The number of anilines is 1. The molecule has 0 atom stereocenters. The number of carbonyl (C=O) groups is 2. The van der Waals surface area contributed by atoms with Crippen LogP contribution < -0.4 is 5.73 Å². The SMILES string of the molecule is CCC1(CC)CC(=O)N(Cc2cnn(C)c2N)C1=O. The normalized spacial score (nSPS) is 18.4. The highest BCUT2D eigenvalue weighted by Gasteiger charge is 2.49. The van der Waals surface area contributed by atoms with Crippen molar-refractivity contribution in [2.45, 2.75) is 39.7 Å². The number of nitrogens with two attached hydrogens (primary N) is 1. The number of rotatable bonds is 4. The number of nitrogen functional groups attached to an aromatic ring is 1. The summed E-state index contributed by atoms with van der Waals surface area (Å²) < 4.78 is 1.53. The second kappa shape index (κ2) is 4.68. The molecule has 2 amide bonds. The number of hydrogen-bond donors (Lipinski definition) is 1. The van der Waals surface area contributed by atoms with Gasteiger partial charge in [-0.05, 0) is 12.8 Å². The fourth-order valence-corrected chi connectivity index (χ4v) is 2.61. The van der Waals surface area contributed by atoms with Crippen molar-refractivity contribution in [2.75, 3.05) is 5.73 Å².